The maximum Gasteiger partial charge on any atom is 0.344 e. The fourth-order valence-corrected chi connectivity index (χ4v) is 2.14. The van der Waals surface area contributed by atoms with E-state index in [1.54, 1.807) is 48.5 Å². The predicted octanol–water partition coefficient (Wildman–Crippen LogP) is 2.71. The molecule has 2 rings (SSSR count). The van der Waals surface area contributed by atoms with Crippen molar-refractivity contribution in [1.29, 1.82) is 5.26 Å². The lowest BCUT2D eigenvalue weighted by Gasteiger charge is -2.14. The zero-order valence-electron chi connectivity index (χ0n) is 14.9. The first kappa shape index (κ1) is 19.7. The molecule has 0 spiro atoms. The largest absolute Gasteiger partial charge is 0.482 e. The maximum absolute atomic E-state index is 12.1. The minimum atomic E-state index is -1.06. The van der Waals surface area contributed by atoms with Crippen molar-refractivity contribution in [2.75, 3.05) is 11.9 Å². The molecular weight excluding hydrogens is 348 g/mol. The van der Waals surface area contributed by atoms with Crippen LogP contribution in [0.4, 0.5) is 5.69 Å². The van der Waals surface area contributed by atoms with Crippen molar-refractivity contribution in [1.82, 2.24) is 0 Å². The maximum atomic E-state index is 12.1. The first-order valence-electron chi connectivity index (χ1n) is 8.14. The number of benzene rings is 2. The van der Waals surface area contributed by atoms with Crippen molar-refractivity contribution < 1.29 is 23.9 Å². The normalized spacial score (nSPS) is 11.0. The molecule has 0 aliphatic heterocycles. The lowest BCUT2D eigenvalue weighted by molar-refractivity contribution is -0.155. The molecule has 2 aromatic rings. The summed E-state index contributed by atoms with van der Waals surface area (Å²) in [5.74, 6) is -0.950. The van der Waals surface area contributed by atoms with E-state index < -0.39 is 18.0 Å². The zero-order chi connectivity index (χ0) is 19.8. The number of nitrogens with zero attached hydrogens (tertiary/aromatic N) is 1. The van der Waals surface area contributed by atoms with Gasteiger partial charge in [0.25, 0.3) is 5.91 Å². The SMILES string of the molecule is CC(=O)c1ccc(OCC(=O)O[C@H](C)C(=O)Nc2ccccc2C#N)cc1. The summed E-state index contributed by atoms with van der Waals surface area (Å²) in [7, 11) is 0. The van der Waals surface area contributed by atoms with Crippen LogP contribution in [-0.4, -0.2) is 30.4 Å². The summed E-state index contributed by atoms with van der Waals surface area (Å²) >= 11 is 0. The molecule has 2 aromatic carbocycles. The Hall–Kier alpha value is -3.66. The van der Waals surface area contributed by atoms with E-state index >= 15 is 0 Å². The summed E-state index contributed by atoms with van der Waals surface area (Å²) in [5.41, 5.74) is 1.18. The van der Waals surface area contributed by atoms with E-state index in [9.17, 15) is 14.4 Å². The van der Waals surface area contributed by atoms with Crippen LogP contribution in [0, 0.1) is 11.3 Å². The average molecular weight is 366 g/mol. The van der Waals surface area contributed by atoms with Gasteiger partial charge in [0, 0.05) is 5.56 Å². The number of nitriles is 1. The number of rotatable bonds is 7. The van der Waals surface area contributed by atoms with Crippen LogP contribution in [0.25, 0.3) is 0 Å². The topological polar surface area (TPSA) is 105 Å². The van der Waals surface area contributed by atoms with Crippen molar-refractivity contribution in [3.05, 3.63) is 59.7 Å². The summed E-state index contributed by atoms with van der Waals surface area (Å²) in [6, 6.07) is 14.8. The van der Waals surface area contributed by atoms with Crippen LogP contribution in [0.15, 0.2) is 48.5 Å². The lowest BCUT2D eigenvalue weighted by Crippen LogP contribution is -2.31. The number of amides is 1. The third-order valence-corrected chi connectivity index (χ3v) is 3.60. The quantitative estimate of drug-likeness (QED) is 0.597. The number of carbonyl (C=O) groups is 3. The van der Waals surface area contributed by atoms with Gasteiger partial charge in [-0.15, -0.1) is 0 Å². The van der Waals surface area contributed by atoms with Crippen LogP contribution < -0.4 is 10.1 Å². The molecule has 0 unspecified atom stereocenters. The van der Waals surface area contributed by atoms with Crippen molar-refractivity contribution in [2.45, 2.75) is 20.0 Å². The van der Waals surface area contributed by atoms with Gasteiger partial charge in [0.1, 0.15) is 11.8 Å². The van der Waals surface area contributed by atoms with Crippen molar-refractivity contribution in [3.63, 3.8) is 0 Å². The molecule has 0 aliphatic rings. The molecule has 1 N–H and O–H groups in total. The number of para-hydroxylation sites is 1. The number of hydrogen-bond acceptors (Lipinski definition) is 6. The Morgan fingerprint density at radius 1 is 1.11 bits per heavy atom. The molecule has 7 nitrogen and oxygen atoms in total. The van der Waals surface area contributed by atoms with Crippen molar-refractivity contribution >= 4 is 23.3 Å². The van der Waals surface area contributed by atoms with Crippen LogP contribution in [0.1, 0.15) is 29.8 Å². The van der Waals surface area contributed by atoms with E-state index in [1.165, 1.54) is 13.8 Å². The summed E-state index contributed by atoms with van der Waals surface area (Å²) in [5, 5.41) is 11.6. The molecule has 0 fully saturated rings. The Bertz CT molecular complexity index is 884. The van der Waals surface area contributed by atoms with Gasteiger partial charge in [0.15, 0.2) is 18.5 Å². The standard InChI is InChI=1S/C20H18N2O5/c1-13(23)15-7-9-17(10-8-15)26-12-19(24)27-14(2)20(25)22-18-6-4-3-5-16(18)11-21/h3-10,14H,12H2,1-2H3,(H,22,25)/t14-/m1/s1. The van der Waals surface area contributed by atoms with Gasteiger partial charge in [-0.05, 0) is 50.2 Å². The number of anilines is 1. The molecule has 27 heavy (non-hydrogen) atoms. The number of hydrogen-bond donors (Lipinski definition) is 1. The van der Waals surface area contributed by atoms with Gasteiger partial charge in [0.2, 0.25) is 0 Å². The van der Waals surface area contributed by atoms with E-state index in [4.69, 9.17) is 14.7 Å². The second-order valence-electron chi connectivity index (χ2n) is 5.65. The smallest absolute Gasteiger partial charge is 0.344 e. The Morgan fingerprint density at radius 3 is 2.41 bits per heavy atom. The molecule has 0 saturated heterocycles. The van der Waals surface area contributed by atoms with Gasteiger partial charge in [-0.2, -0.15) is 5.26 Å². The Labute approximate surface area is 156 Å². The molecule has 1 amide bonds. The Morgan fingerprint density at radius 2 is 1.78 bits per heavy atom. The monoisotopic (exact) mass is 366 g/mol. The first-order chi connectivity index (χ1) is 12.9. The van der Waals surface area contributed by atoms with Gasteiger partial charge in [0.05, 0.1) is 11.3 Å². The van der Waals surface area contributed by atoms with E-state index in [1.807, 2.05) is 6.07 Å². The number of esters is 1. The van der Waals surface area contributed by atoms with Crippen molar-refractivity contribution in [2.24, 2.45) is 0 Å². The molecule has 1 atom stereocenters. The highest BCUT2D eigenvalue weighted by molar-refractivity contribution is 5.96. The van der Waals surface area contributed by atoms with E-state index in [0.717, 1.165) is 0 Å². The van der Waals surface area contributed by atoms with E-state index in [-0.39, 0.29) is 12.4 Å². The molecule has 0 bridgehead atoms. The molecule has 0 heterocycles. The highest BCUT2D eigenvalue weighted by Crippen LogP contribution is 2.15. The Kier molecular flexibility index (Phi) is 6.67. The molecule has 0 saturated carbocycles. The lowest BCUT2D eigenvalue weighted by atomic mass is 10.1. The van der Waals surface area contributed by atoms with Gasteiger partial charge < -0.3 is 14.8 Å². The second kappa shape index (κ2) is 9.15. The third-order valence-electron chi connectivity index (χ3n) is 3.60. The summed E-state index contributed by atoms with van der Waals surface area (Å²) in [4.78, 5) is 35.2. The van der Waals surface area contributed by atoms with Gasteiger partial charge in [-0.3, -0.25) is 9.59 Å². The minimum absolute atomic E-state index is 0.0706. The fraction of sp³-hybridized carbons (Fsp3) is 0.200. The van der Waals surface area contributed by atoms with Gasteiger partial charge in [-0.1, -0.05) is 12.1 Å². The number of Topliss-reactive ketones (excluding diaryl/α,β-unsaturated/α-hetero) is 1. The molecule has 0 radical (unpaired) electrons. The van der Waals surface area contributed by atoms with Crippen LogP contribution in [0.3, 0.4) is 0 Å². The number of ketones is 1. The first-order valence-corrected chi connectivity index (χ1v) is 8.14. The summed E-state index contributed by atoms with van der Waals surface area (Å²) in [6.07, 6.45) is -1.06. The summed E-state index contributed by atoms with van der Waals surface area (Å²) < 4.78 is 10.3. The van der Waals surface area contributed by atoms with E-state index in [0.29, 0.717) is 22.6 Å². The van der Waals surface area contributed by atoms with E-state index in [2.05, 4.69) is 5.32 Å². The van der Waals surface area contributed by atoms with Crippen molar-refractivity contribution in [3.8, 4) is 11.8 Å². The summed E-state index contributed by atoms with van der Waals surface area (Å²) in [6.45, 7) is 2.49. The van der Waals surface area contributed by atoms with Gasteiger partial charge in [-0.25, -0.2) is 4.79 Å². The molecule has 138 valence electrons. The molecule has 7 heteroatoms. The third kappa shape index (κ3) is 5.68. The molecular formula is C20H18N2O5. The van der Waals surface area contributed by atoms with Gasteiger partial charge >= 0.3 is 5.97 Å². The zero-order valence-corrected chi connectivity index (χ0v) is 14.9. The second-order valence-corrected chi connectivity index (χ2v) is 5.65. The predicted molar refractivity (Wildman–Crippen MR) is 97.3 cm³/mol. The Balaban J connectivity index is 1.84. The molecule has 0 aromatic heterocycles. The highest BCUT2D eigenvalue weighted by Gasteiger charge is 2.19. The average Bonchev–Trinajstić information content (AvgIpc) is 2.67. The number of nitrogens with one attached hydrogen (secondary N) is 1. The number of carbonyl (C=O) groups excluding carboxylic acids is 3. The fourth-order valence-electron chi connectivity index (χ4n) is 2.14. The van der Waals surface area contributed by atoms with Crippen LogP contribution in [0.2, 0.25) is 0 Å². The minimum Gasteiger partial charge on any atom is -0.482 e. The highest BCUT2D eigenvalue weighted by atomic mass is 16.6. The van der Waals surface area contributed by atoms with Crippen LogP contribution in [0.5, 0.6) is 5.75 Å². The van der Waals surface area contributed by atoms with Crippen LogP contribution in [-0.2, 0) is 14.3 Å². The molecule has 0 aliphatic carbocycles. The van der Waals surface area contributed by atoms with Crippen LogP contribution >= 0.6 is 0 Å². The number of ether oxygens (including phenoxy) is 2.